The molecule has 0 amide bonds. The Hall–Kier alpha value is -6.38. The minimum Gasteiger partial charge on any atom is -0.315 e. The van der Waals surface area contributed by atoms with Gasteiger partial charge in [0.25, 0.3) is 0 Å². The predicted octanol–water partition coefficient (Wildman–Crippen LogP) is 12.7. The lowest BCUT2D eigenvalue weighted by molar-refractivity contribution is 0.825. The third-order valence-electron chi connectivity index (χ3n) is 10.4. The molecule has 0 aliphatic heterocycles. The van der Waals surface area contributed by atoms with Gasteiger partial charge in [-0.2, -0.15) is 0 Å². The number of para-hydroxylation sites is 3. The van der Waals surface area contributed by atoms with Crippen LogP contribution in [0.1, 0.15) is 47.2 Å². The highest BCUT2D eigenvalue weighted by Gasteiger charge is 2.27. The topological polar surface area (TPSA) is 8.17 Å². The Labute approximate surface area is 306 Å². The highest BCUT2D eigenvalue weighted by atomic mass is 15.2. The Balaban J connectivity index is 1.23. The summed E-state index contributed by atoms with van der Waals surface area (Å²) in [4.78, 5) is 2.52. The second-order valence-electron chi connectivity index (χ2n) is 13.5. The van der Waals surface area contributed by atoms with E-state index in [9.17, 15) is 0 Å². The monoisotopic (exact) mass is 668 g/mol. The summed E-state index contributed by atoms with van der Waals surface area (Å²) in [5, 5.41) is 1.30. The molecule has 1 aromatic heterocycles. The molecule has 0 spiro atoms. The normalized spacial score (nSPS) is 13.8. The zero-order chi connectivity index (χ0) is 34.7. The van der Waals surface area contributed by atoms with Gasteiger partial charge in [-0.05, 0) is 102 Å². The third kappa shape index (κ3) is 5.93. The van der Waals surface area contributed by atoms with Crippen LogP contribution >= 0.6 is 0 Å². The van der Waals surface area contributed by atoms with E-state index in [1.54, 1.807) is 0 Å². The van der Waals surface area contributed by atoms with Crippen LogP contribution in [0.15, 0.2) is 205 Å². The summed E-state index contributed by atoms with van der Waals surface area (Å²) in [6.07, 6.45) is 11.2. The van der Waals surface area contributed by atoms with Crippen LogP contribution in [0.2, 0.25) is 0 Å². The Morgan fingerprint density at radius 1 is 0.481 bits per heavy atom. The van der Waals surface area contributed by atoms with E-state index in [-0.39, 0.29) is 0 Å². The van der Waals surface area contributed by atoms with Crippen molar-refractivity contribution in [2.75, 3.05) is 4.90 Å². The maximum Gasteiger partial charge on any atom is 0.0537 e. The van der Waals surface area contributed by atoms with Crippen molar-refractivity contribution in [2.45, 2.75) is 25.7 Å². The highest BCUT2D eigenvalue weighted by molar-refractivity contribution is 6.04. The first-order valence-electron chi connectivity index (χ1n) is 18.4. The maximum absolute atomic E-state index is 2.52. The van der Waals surface area contributed by atoms with Gasteiger partial charge in [-0.15, -0.1) is 0 Å². The molecule has 0 atom stereocenters. The SMILES string of the molecule is C1=C(C(=C(c2ccccc2)c2ccccc2)c2ccccc2)CCC=C1N(C1=Cc2c(n(-c3ccccc3)c3ccccc23)CC1)c1ccccc1. The molecule has 2 nitrogen and oxygen atoms in total. The number of rotatable bonds is 8. The predicted molar refractivity (Wildman–Crippen MR) is 219 cm³/mol. The summed E-state index contributed by atoms with van der Waals surface area (Å²) in [5.41, 5.74) is 16.5. The lowest BCUT2D eigenvalue weighted by atomic mass is 9.82. The number of hydrogen-bond donors (Lipinski definition) is 0. The number of hydrogen-bond acceptors (Lipinski definition) is 1. The van der Waals surface area contributed by atoms with Crippen molar-refractivity contribution in [3.8, 4) is 5.69 Å². The number of fused-ring (bicyclic) bond motifs is 3. The van der Waals surface area contributed by atoms with Crippen LogP contribution in [0.4, 0.5) is 5.69 Å². The molecule has 0 N–H and O–H groups in total. The van der Waals surface area contributed by atoms with E-state index in [0.717, 1.165) is 25.7 Å². The smallest absolute Gasteiger partial charge is 0.0537 e. The van der Waals surface area contributed by atoms with Gasteiger partial charge in [0, 0.05) is 39.4 Å². The van der Waals surface area contributed by atoms with Gasteiger partial charge in [0.05, 0.1) is 5.52 Å². The standard InChI is InChI=1S/C50H40N2/c1-6-19-37(20-7-1)49(38-21-8-2-9-22-38)50(39-23-10-3-11-24-39)40-25-18-30-43(35-40)51(41-26-12-4-13-27-41)44-33-34-48-46(36-44)45-31-16-17-32-47(45)52(48)42-28-14-5-15-29-42/h1-17,19-24,26-32,35-36H,18,25,33-34H2. The average Bonchev–Trinajstić information content (AvgIpc) is 3.55. The molecule has 2 heteroatoms. The number of benzene rings is 6. The molecule has 2 aliphatic rings. The van der Waals surface area contributed by atoms with Crippen LogP contribution in [0.5, 0.6) is 0 Å². The van der Waals surface area contributed by atoms with Gasteiger partial charge in [-0.3, -0.25) is 0 Å². The van der Waals surface area contributed by atoms with E-state index in [1.165, 1.54) is 78.3 Å². The Morgan fingerprint density at radius 3 is 1.65 bits per heavy atom. The van der Waals surface area contributed by atoms with Crippen LogP contribution in [-0.4, -0.2) is 4.57 Å². The molecule has 7 aromatic rings. The summed E-state index contributed by atoms with van der Waals surface area (Å²) in [5.74, 6) is 0. The van der Waals surface area contributed by atoms with Gasteiger partial charge >= 0.3 is 0 Å². The lowest BCUT2D eigenvalue weighted by Gasteiger charge is -2.33. The molecule has 0 unspecified atom stereocenters. The van der Waals surface area contributed by atoms with Crippen molar-refractivity contribution in [2.24, 2.45) is 0 Å². The zero-order valence-corrected chi connectivity index (χ0v) is 29.2. The summed E-state index contributed by atoms with van der Waals surface area (Å²) in [6.45, 7) is 0. The number of anilines is 1. The molecule has 0 saturated carbocycles. The van der Waals surface area contributed by atoms with Crippen LogP contribution < -0.4 is 4.90 Å². The van der Waals surface area contributed by atoms with Gasteiger partial charge in [0.15, 0.2) is 0 Å². The van der Waals surface area contributed by atoms with Crippen molar-refractivity contribution in [3.63, 3.8) is 0 Å². The highest BCUT2D eigenvalue weighted by Crippen LogP contribution is 2.43. The summed E-state index contributed by atoms with van der Waals surface area (Å²) >= 11 is 0. The van der Waals surface area contributed by atoms with Crippen molar-refractivity contribution in [1.29, 1.82) is 0 Å². The van der Waals surface area contributed by atoms with Crippen LogP contribution in [-0.2, 0) is 6.42 Å². The Kier molecular flexibility index (Phi) is 8.56. The molecule has 0 fully saturated rings. The summed E-state index contributed by atoms with van der Waals surface area (Å²) in [6, 6.07) is 63.4. The van der Waals surface area contributed by atoms with E-state index in [0.29, 0.717) is 0 Å². The van der Waals surface area contributed by atoms with Gasteiger partial charge in [0.1, 0.15) is 0 Å². The fourth-order valence-corrected chi connectivity index (χ4v) is 8.11. The first kappa shape index (κ1) is 31.6. The molecular formula is C50H40N2. The van der Waals surface area contributed by atoms with Crippen molar-refractivity contribution in [3.05, 3.63) is 233 Å². The maximum atomic E-state index is 2.52. The molecular weight excluding hydrogens is 629 g/mol. The minimum absolute atomic E-state index is 0.937. The molecule has 1 heterocycles. The minimum atomic E-state index is 0.937. The van der Waals surface area contributed by atoms with Crippen molar-refractivity contribution in [1.82, 2.24) is 4.57 Å². The second-order valence-corrected chi connectivity index (χ2v) is 13.5. The molecule has 9 rings (SSSR count). The van der Waals surface area contributed by atoms with E-state index in [4.69, 9.17) is 0 Å². The molecule has 0 radical (unpaired) electrons. The molecule has 2 aliphatic carbocycles. The van der Waals surface area contributed by atoms with E-state index < -0.39 is 0 Å². The number of aromatic nitrogens is 1. The largest absolute Gasteiger partial charge is 0.315 e. The van der Waals surface area contributed by atoms with E-state index in [2.05, 4.69) is 204 Å². The Bertz CT molecular complexity index is 2420. The number of nitrogens with zero attached hydrogens (tertiary/aromatic N) is 2. The van der Waals surface area contributed by atoms with Gasteiger partial charge < -0.3 is 9.47 Å². The van der Waals surface area contributed by atoms with Gasteiger partial charge in [-0.1, -0.05) is 152 Å². The molecule has 52 heavy (non-hydrogen) atoms. The van der Waals surface area contributed by atoms with Crippen LogP contribution in [0.25, 0.3) is 33.8 Å². The second kappa shape index (κ2) is 14.1. The third-order valence-corrected chi connectivity index (χ3v) is 10.4. The molecule has 0 bridgehead atoms. The molecule has 250 valence electrons. The van der Waals surface area contributed by atoms with Crippen molar-refractivity contribution < 1.29 is 0 Å². The first-order valence-corrected chi connectivity index (χ1v) is 18.4. The Morgan fingerprint density at radius 2 is 1.02 bits per heavy atom. The number of allylic oxidation sites excluding steroid dienone is 5. The summed E-state index contributed by atoms with van der Waals surface area (Å²) in [7, 11) is 0. The fraction of sp³-hybridized carbons (Fsp3) is 0.0800. The van der Waals surface area contributed by atoms with Crippen LogP contribution in [0, 0.1) is 0 Å². The van der Waals surface area contributed by atoms with E-state index in [1.807, 2.05) is 0 Å². The van der Waals surface area contributed by atoms with E-state index >= 15 is 0 Å². The fourth-order valence-electron chi connectivity index (χ4n) is 8.11. The van der Waals surface area contributed by atoms with Crippen LogP contribution in [0.3, 0.4) is 0 Å². The van der Waals surface area contributed by atoms with Gasteiger partial charge in [-0.25, -0.2) is 0 Å². The first-order chi connectivity index (χ1) is 25.8. The van der Waals surface area contributed by atoms with Gasteiger partial charge in [0.2, 0.25) is 0 Å². The zero-order valence-electron chi connectivity index (χ0n) is 29.2. The lowest BCUT2D eigenvalue weighted by Crippen LogP contribution is -2.24. The molecule has 0 saturated heterocycles. The average molecular weight is 669 g/mol. The quantitative estimate of drug-likeness (QED) is 0.146. The van der Waals surface area contributed by atoms with Crippen molar-refractivity contribution >= 4 is 33.8 Å². The summed E-state index contributed by atoms with van der Waals surface area (Å²) < 4.78 is 2.47. The molecule has 6 aromatic carbocycles.